The van der Waals surface area contributed by atoms with Gasteiger partial charge in [-0.1, -0.05) is 13.8 Å². The van der Waals surface area contributed by atoms with Crippen LogP contribution >= 0.6 is 11.3 Å². The van der Waals surface area contributed by atoms with Gasteiger partial charge >= 0.3 is 12.6 Å². The van der Waals surface area contributed by atoms with E-state index in [1.165, 1.54) is 0 Å². The van der Waals surface area contributed by atoms with Crippen LogP contribution in [0.4, 0.5) is 22.6 Å². The molecule has 14 heteroatoms. The average Bonchev–Trinajstić information content (AvgIpc) is 3.68. The number of hydrogen-bond acceptors (Lipinski definition) is 10. The number of pyridine rings is 1. The average molecular weight is 593 g/mol. The minimum Gasteiger partial charge on any atom is -0.462 e. The lowest BCUT2D eigenvalue weighted by Gasteiger charge is -2.19. The van der Waals surface area contributed by atoms with Crippen LogP contribution in [0.15, 0.2) is 12.4 Å². The van der Waals surface area contributed by atoms with Gasteiger partial charge in [-0.2, -0.15) is 19.0 Å². The molecule has 4 aromatic rings. The first kappa shape index (κ1) is 30.3. The summed E-state index contributed by atoms with van der Waals surface area (Å²) in [7, 11) is 2.04. The number of nitrogens with two attached hydrogens (primary N) is 1. The molecule has 0 spiro atoms. The number of ether oxygens (including phenoxy) is 2. The van der Waals surface area contributed by atoms with E-state index in [0.29, 0.717) is 17.6 Å². The lowest BCUT2D eigenvalue weighted by molar-refractivity contribution is -0.0728. The summed E-state index contributed by atoms with van der Waals surface area (Å²) in [5, 5.41) is 17.3. The SMILES string of the molecule is CC.CN1CCCC1COc1ncc2c3c(c(-c4ncc(F)c5sc(N)c(C#N)c45)c(F)c2n1)COC3.OC(F)F. The highest BCUT2D eigenvalue weighted by molar-refractivity contribution is 7.23. The topological polar surface area (TPSA) is 130 Å². The number of halogens is 4. The van der Waals surface area contributed by atoms with Crippen LogP contribution in [0, 0.1) is 23.0 Å². The van der Waals surface area contributed by atoms with Crippen LogP contribution in [-0.2, 0) is 18.0 Å². The highest BCUT2D eigenvalue weighted by Gasteiger charge is 2.30. The summed E-state index contributed by atoms with van der Waals surface area (Å²) in [4.78, 5) is 15.1. The Morgan fingerprint density at radius 1 is 1.24 bits per heavy atom. The predicted molar refractivity (Wildman–Crippen MR) is 146 cm³/mol. The van der Waals surface area contributed by atoms with E-state index < -0.39 is 18.2 Å². The monoisotopic (exact) mass is 592 g/mol. The van der Waals surface area contributed by atoms with Crippen molar-refractivity contribution < 1.29 is 32.1 Å². The first-order valence-corrected chi connectivity index (χ1v) is 13.7. The number of aliphatic hydroxyl groups excluding tert-OH is 1. The van der Waals surface area contributed by atoms with Crippen molar-refractivity contribution in [2.75, 3.05) is 25.9 Å². The molecule has 3 aromatic heterocycles. The van der Waals surface area contributed by atoms with Crippen LogP contribution in [0.3, 0.4) is 0 Å². The Balaban J connectivity index is 0.000000596. The lowest BCUT2D eigenvalue weighted by atomic mass is 9.94. The minimum atomic E-state index is -3.17. The highest BCUT2D eigenvalue weighted by Crippen LogP contribution is 2.45. The van der Waals surface area contributed by atoms with Crippen LogP contribution < -0.4 is 10.5 Å². The maximum Gasteiger partial charge on any atom is 0.342 e. The molecule has 1 saturated heterocycles. The van der Waals surface area contributed by atoms with Gasteiger partial charge in [0, 0.05) is 28.6 Å². The standard InChI is InChI=1S/C24H20F2N6O2S.C2H6.CH2F2O/c1-32-4-2-3-11(32)8-34-24-30-6-13-14-9-33-10-15(14)17(19(26)20(13)31-24)21-18-12(5-27)23(28)35-22(18)16(25)7-29-21;1-2;2-1(3)4/h6-7,11H,2-4,8-10,28H2,1H3;1-2H3;1,4H. The molecule has 0 radical (unpaired) electrons. The Morgan fingerprint density at radius 3 is 2.61 bits per heavy atom. The van der Waals surface area contributed by atoms with Crippen LogP contribution in [0.25, 0.3) is 32.2 Å². The van der Waals surface area contributed by atoms with Crippen LogP contribution in [0.2, 0.25) is 0 Å². The number of nitriles is 1. The number of anilines is 1. The number of aliphatic hydroxyl groups is 1. The van der Waals surface area contributed by atoms with E-state index in [1.807, 2.05) is 27.0 Å². The Morgan fingerprint density at radius 2 is 1.95 bits per heavy atom. The molecule has 0 amide bonds. The summed E-state index contributed by atoms with van der Waals surface area (Å²) in [6.45, 7) is 2.64. The molecular formula is C27H28F4N6O3S. The second-order valence-electron chi connectivity index (χ2n) is 9.03. The number of likely N-dealkylation sites (tertiary alicyclic amines) is 1. The van der Waals surface area contributed by atoms with Gasteiger partial charge in [0.2, 0.25) is 0 Å². The number of hydrogen-bond donors (Lipinski definition) is 2. The van der Waals surface area contributed by atoms with Gasteiger partial charge in [-0.25, -0.2) is 13.8 Å². The molecule has 5 heterocycles. The molecule has 1 unspecified atom stereocenters. The number of alkyl halides is 2. The summed E-state index contributed by atoms with van der Waals surface area (Å²) in [5.41, 5.74) is 7.70. The third-order valence-electron chi connectivity index (χ3n) is 6.80. The van der Waals surface area contributed by atoms with E-state index in [-0.39, 0.29) is 62.7 Å². The normalized spacial score (nSPS) is 16.2. The first-order valence-electron chi connectivity index (χ1n) is 12.8. The zero-order valence-corrected chi connectivity index (χ0v) is 23.4. The van der Waals surface area contributed by atoms with E-state index in [2.05, 4.69) is 19.9 Å². The molecular weight excluding hydrogens is 564 g/mol. The number of thiophene rings is 1. The third-order valence-corrected chi connectivity index (χ3v) is 7.83. The first-order chi connectivity index (χ1) is 19.7. The van der Waals surface area contributed by atoms with Crippen molar-refractivity contribution in [1.82, 2.24) is 19.9 Å². The van der Waals surface area contributed by atoms with Crippen LogP contribution in [-0.4, -0.2) is 57.8 Å². The van der Waals surface area contributed by atoms with Gasteiger partial charge in [0.25, 0.3) is 0 Å². The van der Waals surface area contributed by atoms with E-state index in [9.17, 15) is 18.4 Å². The van der Waals surface area contributed by atoms with Gasteiger partial charge < -0.3 is 25.2 Å². The van der Waals surface area contributed by atoms with Crippen molar-refractivity contribution >= 4 is 37.3 Å². The molecule has 6 rings (SSSR count). The Hall–Kier alpha value is -3.64. The van der Waals surface area contributed by atoms with E-state index >= 15 is 4.39 Å². The summed E-state index contributed by atoms with van der Waals surface area (Å²) < 4.78 is 62.2. The fourth-order valence-electron chi connectivity index (χ4n) is 4.96. The van der Waals surface area contributed by atoms with Gasteiger partial charge in [0.05, 0.1) is 35.4 Å². The predicted octanol–water partition coefficient (Wildman–Crippen LogP) is 5.37. The summed E-state index contributed by atoms with van der Waals surface area (Å²) >= 11 is 0.940. The van der Waals surface area contributed by atoms with Crippen molar-refractivity contribution in [3.63, 3.8) is 0 Å². The van der Waals surface area contributed by atoms with E-state index in [4.69, 9.17) is 20.3 Å². The Kier molecular flexibility index (Phi) is 9.54. The second-order valence-corrected chi connectivity index (χ2v) is 10.1. The number of fused-ring (bicyclic) bond motifs is 4. The molecule has 1 fully saturated rings. The molecule has 2 aliphatic rings. The molecule has 2 aliphatic heterocycles. The van der Waals surface area contributed by atoms with Crippen LogP contribution in [0.1, 0.15) is 43.4 Å². The maximum atomic E-state index is 16.2. The van der Waals surface area contributed by atoms with Crippen molar-refractivity contribution in [1.29, 1.82) is 5.26 Å². The number of likely N-dealkylation sites (N-methyl/N-ethyl adjacent to an activating group) is 1. The second kappa shape index (κ2) is 12.9. The van der Waals surface area contributed by atoms with Crippen molar-refractivity contribution in [3.8, 4) is 23.3 Å². The molecule has 0 aliphatic carbocycles. The number of nitrogen functional groups attached to an aromatic ring is 1. The zero-order valence-electron chi connectivity index (χ0n) is 22.5. The molecule has 218 valence electrons. The zero-order chi connectivity index (χ0) is 29.8. The quantitative estimate of drug-likeness (QED) is 0.300. The van der Waals surface area contributed by atoms with Crippen molar-refractivity contribution in [2.45, 2.75) is 52.6 Å². The molecule has 9 nitrogen and oxygen atoms in total. The lowest BCUT2D eigenvalue weighted by Crippen LogP contribution is -2.30. The number of nitrogens with zero attached hydrogens (tertiary/aromatic N) is 5. The number of aromatic nitrogens is 3. The van der Waals surface area contributed by atoms with Gasteiger partial charge in [0.1, 0.15) is 23.2 Å². The van der Waals surface area contributed by atoms with Gasteiger partial charge in [0.15, 0.2) is 11.6 Å². The Labute approximate surface area is 237 Å². The molecule has 3 N–H and O–H groups in total. The number of benzene rings is 1. The summed E-state index contributed by atoms with van der Waals surface area (Å²) in [5.74, 6) is -1.27. The molecule has 0 saturated carbocycles. The minimum absolute atomic E-state index is 0.0648. The summed E-state index contributed by atoms with van der Waals surface area (Å²) in [6.07, 6.45) is 4.69. The summed E-state index contributed by atoms with van der Waals surface area (Å²) in [6, 6.07) is 2.35. The van der Waals surface area contributed by atoms with E-state index in [0.717, 1.165) is 42.5 Å². The van der Waals surface area contributed by atoms with E-state index in [1.54, 1.807) is 6.20 Å². The van der Waals surface area contributed by atoms with Gasteiger partial charge in [-0.15, -0.1) is 11.3 Å². The highest BCUT2D eigenvalue weighted by atomic mass is 32.1. The fourth-order valence-corrected chi connectivity index (χ4v) is 5.88. The van der Waals surface area contributed by atoms with Crippen molar-refractivity contribution in [2.24, 2.45) is 0 Å². The van der Waals surface area contributed by atoms with Gasteiger partial charge in [-0.3, -0.25) is 4.98 Å². The van der Waals surface area contributed by atoms with Gasteiger partial charge in [-0.05, 0) is 37.6 Å². The maximum absolute atomic E-state index is 16.2. The third kappa shape index (κ3) is 5.89. The largest absolute Gasteiger partial charge is 0.462 e. The smallest absolute Gasteiger partial charge is 0.342 e. The molecule has 41 heavy (non-hydrogen) atoms. The molecule has 1 aromatic carbocycles. The number of rotatable bonds is 4. The van der Waals surface area contributed by atoms with Crippen molar-refractivity contribution in [3.05, 3.63) is 40.7 Å². The Bertz CT molecular complexity index is 1610. The fraction of sp³-hybridized carbons (Fsp3) is 0.407. The van der Waals surface area contributed by atoms with Crippen LogP contribution in [0.5, 0.6) is 6.01 Å². The molecule has 1 atom stereocenters. The molecule has 0 bridgehead atoms.